The molecule has 0 fully saturated rings. The number of hydrogen-bond acceptors (Lipinski definition) is 3. The summed E-state index contributed by atoms with van der Waals surface area (Å²) in [5.41, 5.74) is 1.20. The number of fused-ring (bicyclic) bond motifs is 1. The number of benzene rings is 2. The summed E-state index contributed by atoms with van der Waals surface area (Å²) in [5.74, 6) is 2.48. The summed E-state index contributed by atoms with van der Waals surface area (Å²) < 4.78 is 11.7. The molecule has 100 valence electrons. The van der Waals surface area contributed by atoms with E-state index in [1.54, 1.807) is 0 Å². The van der Waals surface area contributed by atoms with Crippen molar-refractivity contribution in [2.45, 2.75) is 17.8 Å². The van der Waals surface area contributed by atoms with Crippen molar-refractivity contribution in [3.8, 4) is 22.2 Å². The minimum absolute atomic E-state index is 0.01000. The zero-order valence-corrected chi connectivity index (χ0v) is 12.5. The van der Waals surface area contributed by atoms with Crippen LogP contribution in [-0.2, 0) is 6.42 Å². The average molecular weight is 330 g/mol. The maximum absolute atomic E-state index is 8.65. The van der Waals surface area contributed by atoms with E-state index in [1.165, 1.54) is 5.56 Å². The van der Waals surface area contributed by atoms with Gasteiger partial charge in [0.05, 0.1) is 0 Å². The molecule has 0 amide bonds. The molecule has 1 aliphatic heterocycles. The first kappa shape index (κ1) is 13.1. The van der Waals surface area contributed by atoms with Crippen molar-refractivity contribution in [1.82, 2.24) is 0 Å². The van der Waals surface area contributed by atoms with E-state index in [4.69, 9.17) is 14.7 Å². The van der Waals surface area contributed by atoms with Crippen molar-refractivity contribution in [3.63, 3.8) is 0 Å². The van der Waals surface area contributed by atoms with Gasteiger partial charge in [0.15, 0.2) is 0 Å². The fourth-order valence-corrected chi connectivity index (χ4v) is 3.13. The van der Waals surface area contributed by atoms with Crippen LogP contribution >= 0.6 is 0 Å². The normalized spacial score (nSPS) is 16.1. The topological polar surface area (TPSA) is 42.2 Å². The van der Waals surface area contributed by atoms with Gasteiger partial charge in [0.1, 0.15) is 0 Å². The SMILES string of the molecule is N#C[Se]C[C@H]1Cc2ccc(Oc3ccccc3)cc2O1. The van der Waals surface area contributed by atoms with Crippen LogP contribution in [0.4, 0.5) is 0 Å². The predicted octanol–water partition coefficient (Wildman–Crippen LogP) is 3.39. The molecule has 0 saturated carbocycles. The molecule has 0 bridgehead atoms. The van der Waals surface area contributed by atoms with Crippen LogP contribution in [-0.4, -0.2) is 21.1 Å². The van der Waals surface area contributed by atoms with Crippen LogP contribution < -0.4 is 9.47 Å². The molecule has 3 rings (SSSR count). The first-order chi connectivity index (χ1) is 9.85. The summed E-state index contributed by atoms with van der Waals surface area (Å²) in [6, 6.07) is 15.6. The number of ether oxygens (including phenoxy) is 2. The van der Waals surface area contributed by atoms with Crippen molar-refractivity contribution >= 4 is 15.0 Å². The predicted molar refractivity (Wildman–Crippen MR) is 77.3 cm³/mol. The Morgan fingerprint density at radius 1 is 1.20 bits per heavy atom. The third-order valence-electron chi connectivity index (χ3n) is 3.09. The van der Waals surface area contributed by atoms with Crippen molar-refractivity contribution in [2.24, 2.45) is 0 Å². The van der Waals surface area contributed by atoms with Gasteiger partial charge in [-0.15, -0.1) is 0 Å². The summed E-state index contributed by atoms with van der Waals surface area (Å²) in [5, 5.41) is 9.49. The second-order valence-electron chi connectivity index (χ2n) is 4.53. The van der Waals surface area contributed by atoms with E-state index in [2.05, 4.69) is 4.97 Å². The molecule has 0 aliphatic carbocycles. The molecule has 0 aromatic heterocycles. The number of hydrogen-bond donors (Lipinski definition) is 0. The molecule has 1 atom stereocenters. The molecule has 4 heteroatoms. The van der Waals surface area contributed by atoms with E-state index >= 15 is 0 Å². The van der Waals surface area contributed by atoms with Crippen molar-refractivity contribution in [1.29, 1.82) is 5.26 Å². The van der Waals surface area contributed by atoms with Crippen LogP contribution in [0.3, 0.4) is 0 Å². The third kappa shape index (κ3) is 2.96. The van der Waals surface area contributed by atoms with E-state index in [0.717, 1.165) is 29.0 Å². The molecule has 3 nitrogen and oxygen atoms in total. The Hall–Kier alpha value is -1.95. The van der Waals surface area contributed by atoms with Gasteiger partial charge in [0, 0.05) is 0 Å². The van der Waals surface area contributed by atoms with Crippen LogP contribution in [0, 0.1) is 10.2 Å². The van der Waals surface area contributed by atoms with Gasteiger partial charge < -0.3 is 0 Å². The molecule has 0 radical (unpaired) electrons. The van der Waals surface area contributed by atoms with Gasteiger partial charge in [-0.25, -0.2) is 0 Å². The van der Waals surface area contributed by atoms with Gasteiger partial charge in [-0.05, 0) is 0 Å². The Labute approximate surface area is 124 Å². The zero-order valence-electron chi connectivity index (χ0n) is 10.8. The number of nitriles is 1. The van der Waals surface area contributed by atoms with Gasteiger partial charge in [-0.2, -0.15) is 0 Å². The van der Waals surface area contributed by atoms with Crippen molar-refractivity contribution < 1.29 is 9.47 Å². The second kappa shape index (κ2) is 6.00. The first-order valence-electron chi connectivity index (χ1n) is 6.38. The Kier molecular flexibility index (Phi) is 3.92. The van der Waals surface area contributed by atoms with Gasteiger partial charge in [0.25, 0.3) is 0 Å². The summed E-state index contributed by atoms with van der Waals surface area (Å²) >= 11 is 0.01000. The quantitative estimate of drug-likeness (QED) is 0.807. The summed E-state index contributed by atoms with van der Waals surface area (Å²) in [6.07, 6.45) is 1.04. The number of para-hydroxylation sites is 1. The molecule has 20 heavy (non-hydrogen) atoms. The number of nitrogens with zero attached hydrogens (tertiary/aromatic N) is 1. The van der Waals surface area contributed by atoms with Crippen LogP contribution in [0.5, 0.6) is 17.2 Å². The standard InChI is InChI=1S/C16H13NO2Se/c17-11-20-10-15-8-12-6-7-14(9-16(12)19-15)18-13-4-2-1-3-5-13/h1-7,9,15H,8,10H2/t15-/m1/s1. The first-order valence-corrected chi connectivity index (χ1v) is 8.45. The van der Waals surface area contributed by atoms with Gasteiger partial charge >= 0.3 is 124 Å². The van der Waals surface area contributed by atoms with E-state index < -0.39 is 0 Å². The van der Waals surface area contributed by atoms with Crippen LogP contribution in [0.15, 0.2) is 48.5 Å². The average Bonchev–Trinajstić information content (AvgIpc) is 2.88. The Bertz CT molecular complexity index is 637. The fraction of sp³-hybridized carbons (Fsp3) is 0.188. The Balaban J connectivity index is 1.71. The Morgan fingerprint density at radius 3 is 2.85 bits per heavy atom. The molecule has 0 unspecified atom stereocenters. The molecular formula is C16H13NO2Se. The summed E-state index contributed by atoms with van der Waals surface area (Å²) in [6.45, 7) is 0. The molecule has 0 saturated heterocycles. The molecule has 0 spiro atoms. The molecule has 2 aromatic carbocycles. The third-order valence-corrected chi connectivity index (χ3v) is 4.49. The van der Waals surface area contributed by atoms with Crippen LogP contribution in [0.2, 0.25) is 5.32 Å². The monoisotopic (exact) mass is 331 g/mol. The van der Waals surface area contributed by atoms with E-state index in [1.807, 2.05) is 48.5 Å². The molecule has 1 aliphatic rings. The van der Waals surface area contributed by atoms with E-state index in [-0.39, 0.29) is 21.1 Å². The van der Waals surface area contributed by atoms with Gasteiger partial charge in [0.2, 0.25) is 0 Å². The fourth-order valence-electron chi connectivity index (χ4n) is 2.19. The molecule has 1 heterocycles. The zero-order chi connectivity index (χ0) is 13.8. The molecule has 0 N–H and O–H groups in total. The van der Waals surface area contributed by atoms with Crippen LogP contribution in [0.25, 0.3) is 0 Å². The minimum atomic E-state index is 0.01000. The molecular weight excluding hydrogens is 317 g/mol. The maximum atomic E-state index is 8.65. The summed E-state index contributed by atoms with van der Waals surface area (Å²) in [7, 11) is 0. The van der Waals surface area contributed by atoms with Crippen LogP contribution in [0.1, 0.15) is 5.56 Å². The van der Waals surface area contributed by atoms with Gasteiger partial charge in [-0.3, -0.25) is 0 Å². The van der Waals surface area contributed by atoms with E-state index in [0.29, 0.717) is 0 Å². The second-order valence-corrected chi connectivity index (χ2v) is 6.22. The van der Waals surface area contributed by atoms with Crippen molar-refractivity contribution in [3.05, 3.63) is 54.1 Å². The van der Waals surface area contributed by atoms with Crippen molar-refractivity contribution in [2.75, 3.05) is 0 Å². The molecule has 2 aromatic rings. The van der Waals surface area contributed by atoms with E-state index in [9.17, 15) is 0 Å². The van der Waals surface area contributed by atoms with Gasteiger partial charge in [-0.1, -0.05) is 0 Å². The Morgan fingerprint density at radius 2 is 2.05 bits per heavy atom. The summed E-state index contributed by atoms with van der Waals surface area (Å²) in [4.78, 5) is 2.22. The number of rotatable bonds is 4.